The van der Waals surface area contributed by atoms with E-state index in [-0.39, 0.29) is 5.22 Å². The van der Waals surface area contributed by atoms with Crippen molar-refractivity contribution in [1.29, 1.82) is 0 Å². The second-order valence-electron chi connectivity index (χ2n) is 4.19. The van der Waals surface area contributed by atoms with E-state index in [4.69, 9.17) is 48.7 Å². The zero-order valence-corrected chi connectivity index (χ0v) is 13.9. The molecule has 21 heavy (non-hydrogen) atoms. The molecule has 1 atom stereocenters. The molecule has 1 aromatic heterocycles. The molecule has 1 unspecified atom stereocenters. The van der Waals surface area contributed by atoms with Crippen LogP contribution in [0.25, 0.3) is 0 Å². The van der Waals surface area contributed by atoms with E-state index in [1.807, 2.05) is 13.8 Å². The topological polar surface area (TPSA) is 31.6 Å². The second-order valence-corrected chi connectivity index (χ2v) is 5.41. The lowest BCUT2D eigenvalue weighted by molar-refractivity contribution is 0.287. The van der Waals surface area contributed by atoms with Crippen LogP contribution in [0.4, 0.5) is 0 Å². The van der Waals surface area contributed by atoms with Crippen molar-refractivity contribution in [2.75, 3.05) is 13.2 Å². The molecular weight excluding hydrogens is 335 g/mol. The molecule has 0 N–H and O–H groups in total. The summed E-state index contributed by atoms with van der Waals surface area (Å²) < 4.78 is 16.4. The van der Waals surface area contributed by atoms with Gasteiger partial charge >= 0.3 is 0 Å². The third kappa shape index (κ3) is 3.79. The summed E-state index contributed by atoms with van der Waals surface area (Å²) in [4.78, 5) is 0. The monoisotopic (exact) mass is 348 g/mol. The van der Waals surface area contributed by atoms with Gasteiger partial charge in [0.15, 0.2) is 16.7 Å². The molecule has 0 radical (unpaired) electrons. The zero-order chi connectivity index (χ0) is 15.4. The number of hydrogen-bond donors (Lipinski definition) is 0. The first-order valence-electron chi connectivity index (χ1n) is 6.55. The van der Waals surface area contributed by atoms with Gasteiger partial charge in [0, 0.05) is 16.7 Å². The summed E-state index contributed by atoms with van der Waals surface area (Å²) in [5.41, 5.74) is 0.677. The fraction of sp³-hybridized carbons (Fsp3) is 0.333. The Morgan fingerprint density at radius 3 is 2.19 bits per heavy atom. The number of ether oxygens (including phenoxy) is 2. The number of hydrogen-bond acceptors (Lipinski definition) is 3. The fourth-order valence-electron chi connectivity index (χ4n) is 1.90. The molecule has 1 heterocycles. The van der Waals surface area contributed by atoms with Crippen molar-refractivity contribution in [3.8, 4) is 11.5 Å². The van der Waals surface area contributed by atoms with E-state index in [0.29, 0.717) is 41.1 Å². The van der Waals surface area contributed by atoms with E-state index >= 15 is 0 Å². The van der Waals surface area contributed by atoms with Crippen LogP contribution in [-0.4, -0.2) is 13.2 Å². The summed E-state index contributed by atoms with van der Waals surface area (Å²) in [6.45, 7) is 4.83. The predicted molar refractivity (Wildman–Crippen MR) is 85.2 cm³/mol. The van der Waals surface area contributed by atoms with E-state index < -0.39 is 5.38 Å². The molecule has 114 valence electrons. The van der Waals surface area contributed by atoms with Gasteiger partial charge in [-0.25, -0.2) is 0 Å². The minimum absolute atomic E-state index is 0.280. The largest absolute Gasteiger partial charge is 0.490 e. The highest BCUT2D eigenvalue weighted by molar-refractivity contribution is 6.33. The Balaban J connectivity index is 2.40. The summed E-state index contributed by atoms with van der Waals surface area (Å²) in [7, 11) is 0. The van der Waals surface area contributed by atoms with Crippen LogP contribution in [0.3, 0.4) is 0 Å². The number of furan rings is 1. The highest BCUT2D eigenvalue weighted by Crippen LogP contribution is 2.41. The molecule has 0 aliphatic rings. The Labute approximate surface area is 138 Å². The van der Waals surface area contributed by atoms with E-state index in [1.54, 1.807) is 24.3 Å². The molecule has 0 saturated heterocycles. The van der Waals surface area contributed by atoms with E-state index in [0.717, 1.165) is 0 Å². The summed E-state index contributed by atoms with van der Waals surface area (Å²) in [6, 6.07) is 6.82. The summed E-state index contributed by atoms with van der Waals surface area (Å²) in [5, 5.41) is 0.206. The average Bonchev–Trinajstić information content (AvgIpc) is 2.88. The molecular formula is C15H15Cl3O3. The molecule has 2 aromatic rings. The van der Waals surface area contributed by atoms with Crippen LogP contribution in [0.2, 0.25) is 10.2 Å². The molecule has 2 rings (SSSR count). The highest BCUT2D eigenvalue weighted by atomic mass is 35.5. The van der Waals surface area contributed by atoms with Gasteiger partial charge in [-0.05, 0) is 43.6 Å². The Kier molecular flexibility index (Phi) is 5.68. The maximum atomic E-state index is 6.42. The molecule has 0 bridgehead atoms. The molecule has 0 saturated carbocycles. The standard InChI is InChI=1S/C15H15Cl3O3/c1-3-19-12-7-9(10(16)8-13(12)20-4-2)15(18)11-5-6-14(17)21-11/h5-8,15H,3-4H2,1-2H3. The van der Waals surface area contributed by atoms with Crippen LogP contribution in [0, 0.1) is 0 Å². The van der Waals surface area contributed by atoms with Crippen LogP contribution in [0.15, 0.2) is 28.7 Å². The molecule has 0 aliphatic heterocycles. The number of rotatable bonds is 6. The first kappa shape index (κ1) is 16.3. The smallest absolute Gasteiger partial charge is 0.193 e. The van der Waals surface area contributed by atoms with Gasteiger partial charge in [-0.3, -0.25) is 0 Å². The van der Waals surface area contributed by atoms with Crippen LogP contribution in [-0.2, 0) is 0 Å². The normalized spacial score (nSPS) is 12.2. The van der Waals surface area contributed by atoms with Gasteiger partial charge < -0.3 is 13.9 Å². The van der Waals surface area contributed by atoms with Crippen LogP contribution in [0.5, 0.6) is 11.5 Å². The van der Waals surface area contributed by atoms with Crippen molar-refractivity contribution in [1.82, 2.24) is 0 Å². The number of alkyl halides is 1. The summed E-state index contributed by atoms with van der Waals surface area (Å²) in [5.74, 6) is 1.71. The Morgan fingerprint density at radius 1 is 1.05 bits per heavy atom. The van der Waals surface area contributed by atoms with Crippen LogP contribution >= 0.6 is 34.8 Å². The minimum Gasteiger partial charge on any atom is -0.490 e. The predicted octanol–water partition coefficient (Wildman–Crippen LogP) is 5.71. The van der Waals surface area contributed by atoms with E-state index in [2.05, 4.69) is 0 Å². The van der Waals surface area contributed by atoms with Gasteiger partial charge in [-0.15, -0.1) is 11.6 Å². The molecule has 0 spiro atoms. The molecule has 0 aliphatic carbocycles. The van der Waals surface area contributed by atoms with Crippen molar-refractivity contribution < 1.29 is 13.9 Å². The van der Waals surface area contributed by atoms with Gasteiger partial charge in [0.25, 0.3) is 0 Å². The molecule has 6 heteroatoms. The maximum Gasteiger partial charge on any atom is 0.193 e. The summed E-state index contributed by atoms with van der Waals surface area (Å²) in [6.07, 6.45) is 0. The first-order chi connectivity index (χ1) is 10.1. The average molecular weight is 350 g/mol. The van der Waals surface area contributed by atoms with Gasteiger partial charge in [0.1, 0.15) is 11.1 Å². The van der Waals surface area contributed by atoms with E-state index in [1.165, 1.54) is 0 Å². The third-order valence-corrected chi connectivity index (χ3v) is 3.76. The van der Waals surface area contributed by atoms with Gasteiger partial charge in [-0.1, -0.05) is 11.6 Å². The lowest BCUT2D eigenvalue weighted by Crippen LogP contribution is -2.01. The fourth-order valence-corrected chi connectivity index (χ4v) is 2.67. The molecule has 3 nitrogen and oxygen atoms in total. The number of benzene rings is 1. The lowest BCUT2D eigenvalue weighted by atomic mass is 10.1. The quantitative estimate of drug-likeness (QED) is 0.626. The SMILES string of the molecule is CCOc1cc(Cl)c(C(Cl)c2ccc(Cl)o2)cc1OCC. The minimum atomic E-state index is -0.556. The Morgan fingerprint density at radius 2 is 1.67 bits per heavy atom. The third-order valence-electron chi connectivity index (χ3n) is 2.78. The Hall–Kier alpha value is -1.03. The van der Waals surface area contributed by atoms with Gasteiger partial charge in [-0.2, -0.15) is 0 Å². The highest BCUT2D eigenvalue weighted by Gasteiger charge is 2.21. The second kappa shape index (κ2) is 7.30. The van der Waals surface area contributed by atoms with Crippen LogP contribution < -0.4 is 9.47 Å². The zero-order valence-electron chi connectivity index (χ0n) is 11.7. The van der Waals surface area contributed by atoms with E-state index in [9.17, 15) is 0 Å². The first-order valence-corrected chi connectivity index (χ1v) is 7.74. The van der Waals surface area contributed by atoms with Crippen LogP contribution in [0.1, 0.15) is 30.5 Å². The maximum absolute atomic E-state index is 6.42. The van der Waals surface area contributed by atoms with Crippen molar-refractivity contribution >= 4 is 34.8 Å². The van der Waals surface area contributed by atoms with Gasteiger partial charge in [0.2, 0.25) is 0 Å². The van der Waals surface area contributed by atoms with Crippen molar-refractivity contribution in [2.45, 2.75) is 19.2 Å². The van der Waals surface area contributed by atoms with Crippen molar-refractivity contribution in [3.05, 3.63) is 45.8 Å². The Bertz CT molecular complexity index is 610. The molecule has 1 aromatic carbocycles. The molecule has 0 amide bonds. The lowest BCUT2D eigenvalue weighted by Gasteiger charge is -2.16. The number of halogens is 3. The van der Waals surface area contributed by atoms with Crippen molar-refractivity contribution in [2.24, 2.45) is 0 Å². The summed E-state index contributed by atoms with van der Waals surface area (Å²) >= 11 is 18.5. The van der Waals surface area contributed by atoms with Crippen molar-refractivity contribution in [3.63, 3.8) is 0 Å². The van der Waals surface area contributed by atoms with Gasteiger partial charge in [0.05, 0.1) is 13.2 Å². The molecule has 0 fully saturated rings.